The number of aromatic nitrogens is 1. The summed E-state index contributed by atoms with van der Waals surface area (Å²) < 4.78 is 5.08. The van der Waals surface area contributed by atoms with Crippen molar-refractivity contribution < 1.29 is 14.6 Å². The zero-order valence-electron chi connectivity index (χ0n) is 12.4. The molecule has 0 spiro atoms. The third kappa shape index (κ3) is 4.15. The Bertz CT molecular complexity index is 461. The molecule has 0 aliphatic carbocycles. The van der Waals surface area contributed by atoms with Crippen LogP contribution in [-0.2, 0) is 4.74 Å². The van der Waals surface area contributed by atoms with E-state index in [9.17, 15) is 9.90 Å². The predicted octanol–water partition coefficient (Wildman–Crippen LogP) is 0.809. The Balaban J connectivity index is 2.19. The summed E-state index contributed by atoms with van der Waals surface area (Å²) in [6.45, 7) is 4.32. The normalized spacial score (nSPS) is 17.7. The van der Waals surface area contributed by atoms with Gasteiger partial charge in [-0.2, -0.15) is 0 Å². The summed E-state index contributed by atoms with van der Waals surface area (Å²) in [6, 6.07) is 3.81. The van der Waals surface area contributed by atoms with E-state index >= 15 is 0 Å². The maximum absolute atomic E-state index is 12.0. The molecule has 2 N–H and O–H groups in total. The van der Waals surface area contributed by atoms with Crippen molar-refractivity contribution in [3.8, 4) is 0 Å². The van der Waals surface area contributed by atoms with Gasteiger partial charge in [-0.25, -0.2) is 9.78 Å². The fourth-order valence-electron chi connectivity index (χ4n) is 2.60. The van der Waals surface area contributed by atoms with E-state index in [0.717, 1.165) is 25.9 Å². The molecule has 1 saturated heterocycles. The van der Waals surface area contributed by atoms with Crippen molar-refractivity contribution >= 4 is 11.8 Å². The standard InChI is InChI=1S/C15H23N3O3/c1-2-21-15(20)13-6-4-8-17-14(13)18(9-10-19)11-12-5-3-7-16-12/h4,6,8,12,16,19H,2-3,5,7,9-11H2,1H3. The molecule has 1 unspecified atom stereocenters. The summed E-state index contributed by atoms with van der Waals surface area (Å²) in [5.41, 5.74) is 0.450. The summed E-state index contributed by atoms with van der Waals surface area (Å²) in [6.07, 6.45) is 3.92. The van der Waals surface area contributed by atoms with Gasteiger partial charge in [0, 0.05) is 25.3 Å². The number of aliphatic hydroxyl groups excluding tert-OH is 1. The number of hydrogen-bond acceptors (Lipinski definition) is 6. The van der Waals surface area contributed by atoms with E-state index in [-0.39, 0.29) is 12.6 Å². The summed E-state index contributed by atoms with van der Waals surface area (Å²) in [4.78, 5) is 18.3. The lowest BCUT2D eigenvalue weighted by atomic mass is 10.2. The van der Waals surface area contributed by atoms with Gasteiger partial charge in [-0.05, 0) is 38.4 Å². The number of ether oxygens (including phenoxy) is 1. The fraction of sp³-hybridized carbons (Fsp3) is 0.600. The van der Waals surface area contributed by atoms with Gasteiger partial charge < -0.3 is 20.1 Å². The molecule has 0 saturated carbocycles. The van der Waals surface area contributed by atoms with Crippen LogP contribution in [0.5, 0.6) is 0 Å². The molecule has 2 heterocycles. The molecule has 0 bridgehead atoms. The third-order valence-electron chi connectivity index (χ3n) is 3.55. The van der Waals surface area contributed by atoms with Crippen LogP contribution >= 0.6 is 0 Å². The number of esters is 1. The number of carbonyl (C=O) groups excluding carboxylic acids is 1. The lowest BCUT2D eigenvalue weighted by Gasteiger charge is -2.27. The Kier molecular flexibility index (Phi) is 5.95. The van der Waals surface area contributed by atoms with Gasteiger partial charge in [-0.1, -0.05) is 0 Å². The first-order valence-corrected chi connectivity index (χ1v) is 7.47. The molecule has 116 valence electrons. The molecule has 6 heteroatoms. The monoisotopic (exact) mass is 293 g/mol. The summed E-state index contributed by atoms with van der Waals surface area (Å²) in [5.74, 6) is 0.210. The number of nitrogens with one attached hydrogen (secondary N) is 1. The lowest BCUT2D eigenvalue weighted by molar-refractivity contribution is 0.0526. The van der Waals surface area contributed by atoms with Gasteiger partial charge in [0.05, 0.1) is 13.2 Å². The van der Waals surface area contributed by atoms with E-state index in [2.05, 4.69) is 10.3 Å². The topological polar surface area (TPSA) is 74.7 Å². The minimum atomic E-state index is -0.372. The Hall–Kier alpha value is -1.66. The van der Waals surface area contributed by atoms with Crippen molar-refractivity contribution in [1.29, 1.82) is 0 Å². The number of rotatable bonds is 7. The highest BCUT2D eigenvalue weighted by Gasteiger charge is 2.23. The molecule has 1 aliphatic heterocycles. The Morgan fingerprint density at radius 1 is 1.62 bits per heavy atom. The van der Waals surface area contributed by atoms with Crippen molar-refractivity contribution in [2.24, 2.45) is 0 Å². The van der Waals surface area contributed by atoms with E-state index in [1.807, 2.05) is 4.90 Å². The SMILES string of the molecule is CCOC(=O)c1cccnc1N(CCO)CC1CCCN1. The van der Waals surface area contributed by atoms with Crippen LogP contribution in [0.15, 0.2) is 18.3 Å². The number of carbonyl (C=O) groups is 1. The van der Waals surface area contributed by atoms with Gasteiger partial charge in [-0.3, -0.25) is 0 Å². The van der Waals surface area contributed by atoms with Crippen LogP contribution in [0.4, 0.5) is 5.82 Å². The maximum atomic E-state index is 12.0. The molecule has 1 fully saturated rings. The highest BCUT2D eigenvalue weighted by Crippen LogP contribution is 2.20. The smallest absolute Gasteiger partial charge is 0.341 e. The van der Waals surface area contributed by atoms with E-state index < -0.39 is 0 Å². The number of aliphatic hydroxyl groups is 1. The fourth-order valence-corrected chi connectivity index (χ4v) is 2.60. The average Bonchev–Trinajstić information content (AvgIpc) is 3.00. The predicted molar refractivity (Wildman–Crippen MR) is 80.5 cm³/mol. The van der Waals surface area contributed by atoms with Crippen LogP contribution in [0.25, 0.3) is 0 Å². The number of anilines is 1. The second kappa shape index (κ2) is 7.95. The largest absolute Gasteiger partial charge is 0.462 e. The highest BCUT2D eigenvalue weighted by atomic mass is 16.5. The van der Waals surface area contributed by atoms with Gasteiger partial charge in [-0.15, -0.1) is 0 Å². The van der Waals surface area contributed by atoms with Gasteiger partial charge >= 0.3 is 5.97 Å². The minimum Gasteiger partial charge on any atom is -0.462 e. The van der Waals surface area contributed by atoms with Gasteiger partial charge in [0.25, 0.3) is 0 Å². The van der Waals surface area contributed by atoms with Crippen LogP contribution in [0.2, 0.25) is 0 Å². The maximum Gasteiger partial charge on any atom is 0.341 e. The van der Waals surface area contributed by atoms with E-state index in [1.54, 1.807) is 25.3 Å². The lowest BCUT2D eigenvalue weighted by Crippen LogP contribution is -2.40. The number of hydrogen-bond donors (Lipinski definition) is 2. The molecule has 2 rings (SSSR count). The van der Waals surface area contributed by atoms with Crippen LogP contribution in [0.1, 0.15) is 30.1 Å². The Morgan fingerprint density at radius 2 is 2.48 bits per heavy atom. The highest BCUT2D eigenvalue weighted by molar-refractivity contribution is 5.94. The number of pyridine rings is 1. The summed E-state index contributed by atoms with van der Waals surface area (Å²) >= 11 is 0. The average molecular weight is 293 g/mol. The van der Waals surface area contributed by atoms with Gasteiger partial charge in [0.2, 0.25) is 0 Å². The van der Waals surface area contributed by atoms with Crippen molar-refractivity contribution in [1.82, 2.24) is 10.3 Å². The quantitative estimate of drug-likeness (QED) is 0.725. The van der Waals surface area contributed by atoms with E-state index in [1.165, 1.54) is 0 Å². The first kappa shape index (κ1) is 15.7. The van der Waals surface area contributed by atoms with Gasteiger partial charge in [0.1, 0.15) is 11.4 Å². The molecule has 21 heavy (non-hydrogen) atoms. The number of nitrogens with zero attached hydrogens (tertiary/aromatic N) is 2. The van der Waals surface area contributed by atoms with Crippen molar-refractivity contribution in [2.45, 2.75) is 25.8 Å². The van der Waals surface area contributed by atoms with Gasteiger partial charge in [0.15, 0.2) is 0 Å². The van der Waals surface area contributed by atoms with Crippen molar-refractivity contribution in [2.75, 3.05) is 37.7 Å². The molecule has 0 amide bonds. The zero-order chi connectivity index (χ0) is 15.1. The first-order chi connectivity index (χ1) is 10.3. The molecule has 1 aromatic rings. The summed E-state index contributed by atoms with van der Waals surface area (Å²) in [7, 11) is 0. The Morgan fingerprint density at radius 3 is 3.14 bits per heavy atom. The molecule has 1 aromatic heterocycles. The molecule has 6 nitrogen and oxygen atoms in total. The summed E-state index contributed by atoms with van der Waals surface area (Å²) in [5, 5.41) is 12.7. The first-order valence-electron chi connectivity index (χ1n) is 7.47. The second-order valence-electron chi connectivity index (χ2n) is 5.06. The van der Waals surface area contributed by atoms with Crippen LogP contribution in [0, 0.1) is 0 Å². The minimum absolute atomic E-state index is 0.0194. The molecule has 0 radical (unpaired) electrons. The van der Waals surface area contributed by atoms with Crippen molar-refractivity contribution in [3.63, 3.8) is 0 Å². The van der Waals surface area contributed by atoms with Crippen LogP contribution in [0.3, 0.4) is 0 Å². The molecular weight excluding hydrogens is 270 g/mol. The van der Waals surface area contributed by atoms with Crippen LogP contribution in [-0.4, -0.2) is 54.9 Å². The molecule has 0 aromatic carbocycles. The van der Waals surface area contributed by atoms with E-state index in [0.29, 0.717) is 30.6 Å². The zero-order valence-corrected chi connectivity index (χ0v) is 12.4. The van der Waals surface area contributed by atoms with E-state index in [4.69, 9.17) is 4.74 Å². The third-order valence-corrected chi connectivity index (χ3v) is 3.55. The Labute approximate surface area is 125 Å². The molecule has 1 aliphatic rings. The molecular formula is C15H23N3O3. The van der Waals surface area contributed by atoms with Crippen molar-refractivity contribution in [3.05, 3.63) is 23.9 Å². The molecule has 1 atom stereocenters. The second-order valence-corrected chi connectivity index (χ2v) is 5.06. The van der Waals surface area contributed by atoms with Crippen LogP contribution < -0.4 is 10.2 Å².